The second-order valence-corrected chi connectivity index (χ2v) is 9.70. The largest absolute Gasteiger partial charge is 0.390 e. The first kappa shape index (κ1) is 27.1. The maximum Gasteiger partial charge on any atom is 0.390 e. The third-order valence-corrected chi connectivity index (χ3v) is 5.75. The molecule has 1 saturated carbocycles. The van der Waals surface area contributed by atoms with Crippen molar-refractivity contribution in [1.29, 1.82) is 0 Å². The molecular formula is C24H27F3N8O3. The highest BCUT2D eigenvalue weighted by atomic mass is 19.4. The second-order valence-electron chi connectivity index (χ2n) is 9.70. The van der Waals surface area contributed by atoms with Crippen LogP contribution in [-0.2, 0) is 6.54 Å². The van der Waals surface area contributed by atoms with E-state index in [0.717, 1.165) is 23.7 Å². The quantitative estimate of drug-likeness (QED) is 0.311. The van der Waals surface area contributed by atoms with Crippen LogP contribution in [0.2, 0.25) is 0 Å². The lowest BCUT2D eigenvalue weighted by atomic mass is 9.99. The van der Waals surface area contributed by atoms with Gasteiger partial charge < -0.3 is 15.7 Å². The fraction of sp³-hybridized carbons (Fsp3) is 0.458. The van der Waals surface area contributed by atoms with Crippen LogP contribution in [0.3, 0.4) is 0 Å². The first-order chi connectivity index (χ1) is 17.9. The van der Waals surface area contributed by atoms with E-state index in [1.54, 1.807) is 6.20 Å². The first-order valence-electron chi connectivity index (χ1n) is 12.0. The molecule has 202 valence electrons. The van der Waals surface area contributed by atoms with Crippen LogP contribution in [0, 0.1) is 0 Å². The van der Waals surface area contributed by atoms with Crippen molar-refractivity contribution < 1.29 is 27.9 Å². The zero-order chi connectivity index (χ0) is 27.5. The minimum absolute atomic E-state index is 0.0613. The fourth-order valence-electron chi connectivity index (χ4n) is 3.62. The number of anilines is 3. The predicted molar refractivity (Wildman–Crippen MR) is 130 cm³/mol. The normalized spacial score (nSPS) is 13.8. The highest BCUT2D eigenvalue weighted by Crippen LogP contribution is 2.39. The van der Waals surface area contributed by atoms with Crippen molar-refractivity contribution in [3.63, 3.8) is 0 Å². The summed E-state index contributed by atoms with van der Waals surface area (Å²) in [6.07, 6.45) is 3.05. The van der Waals surface area contributed by atoms with Crippen LogP contribution in [0.5, 0.6) is 0 Å². The number of rotatable bonds is 11. The molecule has 1 amide bonds. The fourth-order valence-corrected chi connectivity index (χ4v) is 3.62. The lowest BCUT2D eigenvalue weighted by molar-refractivity contribution is -0.137. The van der Waals surface area contributed by atoms with Crippen molar-refractivity contribution in [1.82, 2.24) is 29.7 Å². The monoisotopic (exact) mass is 532 g/mol. The summed E-state index contributed by atoms with van der Waals surface area (Å²) in [5.41, 5.74) is -0.410. The standard InChI is InChI=1S/C24H27F3N8O3/c1-23(2,38)6-5-18(36)20-17(12-31-35(20)8-7-24(25,26)27)34-22(37)19-21(32-15-9-28-13-29-10-15)30-11-16(33-19)14-3-4-14/h9-14,38H,3-8H2,1-2H3,(H,30,32)(H,34,37). The molecule has 1 fully saturated rings. The molecule has 11 nitrogen and oxygen atoms in total. The Labute approximate surface area is 215 Å². The van der Waals surface area contributed by atoms with E-state index in [1.807, 2.05) is 0 Å². The number of hydrogen-bond donors (Lipinski definition) is 3. The van der Waals surface area contributed by atoms with Crippen LogP contribution in [0.4, 0.5) is 30.4 Å². The number of aliphatic hydroxyl groups is 1. The summed E-state index contributed by atoms with van der Waals surface area (Å²) in [6.45, 7) is 2.42. The number of aryl methyl sites for hydroxylation is 1. The van der Waals surface area contributed by atoms with Crippen molar-refractivity contribution in [2.45, 2.75) is 70.2 Å². The highest BCUT2D eigenvalue weighted by Gasteiger charge is 2.31. The van der Waals surface area contributed by atoms with Crippen molar-refractivity contribution in [2.75, 3.05) is 10.6 Å². The Morgan fingerprint density at radius 1 is 1.11 bits per heavy atom. The molecule has 3 heterocycles. The summed E-state index contributed by atoms with van der Waals surface area (Å²) in [6, 6.07) is 0. The van der Waals surface area contributed by atoms with Crippen LogP contribution >= 0.6 is 0 Å². The van der Waals surface area contributed by atoms with Crippen LogP contribution in [0.1, 0.15) is 78.5 Å². The van der Waals surface area contributed by atoms with Gasteiger partial charge in [0.1, 0.15) is 12.0 Å². The molecule has 0 aromatic carbocycles. The van der Waals surface area contributed by atoms with Gasteiger partial charge in [0.2, 0.25) is 0 Å². The summed E-state index contributed by atoms with van der Waals surface area (Å²) in [4.78, 5) is 43.1. The molecule has 3 N–H and O–H groups in total. The minimum Gasteiger partial charge on any atom is -0.390 e. The summed E-state index contributed by atoms with van der Waals surface area (Å²) >= 11 is 0. The Hall–Kier alpha value is -3.94. The second kappa shape index (κ2) is 10.8. The van der Waals surface area contributed by atoms with E-state index in [1.165, 1.54) is 32.6 Å². The zero-order valence-corrected chi connectivity index (χ0v) is 20.8. The third-order valence-electron chi connectivity index (χ3n) is 5.75. The number of carbonyl (C=O) groups is 2. The minimum atomic E-state index is -4.47. The molecule has 0 aliphatic heterocycles. The summed E-state index contributed by atoms with van der Waals surface area (Å²) < 4.78 is 39.6. The predicted octanol–water partition coefficient (Wildman–Crippen LogP) is 4.02. The molecule has 0 unspecified atom stereocenters. The van der Waals surface area contributed by atoms with Gasteiger partial charge >= 0.3 is 6.18 Å². The maximum atomic E-state index is 13.4. The maximum absolute atomic E-state index is 13.4. The summed E-state index contributed by atoms with van der Waals surface area (Å²) in [7, 11) is 0. The van der Waals surface area contributed by atoms with E-state index in [0.29, 0.717) is 11.4 Å². The van der Waals surface area contributed by atoms with Crippen molar-refractivity contribution in [2.24, 2.45) is 0 Å². The van der Waals surface area contributed by atoms with Gasteiger partial charge in [0.25, 0.3) is 5.91 Å². The first-order valence-corrected chi connectivity index (χ1v) is 12.0. The number of Topliss-reactive ketones (excluding diaryl/α,β-unsaturated/α-hetero) is 1. The van der Waals surface area contributed by atoms with Gasteiger partial charge in [-0.1, -0.05) is 0 Å². The average Bonchev–Trinajstić information content (AvgIpc) is 3.62. The van der Waals surface area contributed by atoms with Crippen molar-refractivity contribution >= 4 is 28.9 Å². The number of aromatic nitrogens is 6. The van der Waals surface area contributed by atoms with Gasteiger partial charge in [-0.25, -0.2) is 19.9 Å². The molecule has 0 radical (unpaired) electrons. The van der Waals surface area contributed by atoms with Crippen molar-refractivity contribution in [3.8, 4) is 0 Å². The summed E-state index contributed by atoms with van der Waals surface area (Å²) in [5.74, 6) is -1.00. The van der Waals surface area contributed by atoms with Gasteiger partial charge in [0.05, 0.1) is 60.4 Å². The van der Waals surface area contributed by atoms with Crippen LogP contribution < -0.4 is 10.6 Å². The van der Waals surface area contributed by atoms with E-state index in [4.69, 9.17) is 0 Å². The molecule has 1 aliphatic rings. The Morgan fingerprint density at radius 2 is 1.82 bits per heavy atom. The molecule has 3 aromatic heterocycles. The lowest BCUT2D eigenvalue weighted by Crippen LogP contribution is -2.23. The van der Waals surface area contributed by atoms with E-state index >= 15 is 0 Å². The van der Waals surface area contributed by atoms with E-state index in [2.05, 4.69) is 35.7 Å². The molecule has 3 aromatic rings. The van der Waals surface area contributed by atoms with E-state index < -0.39 is 36.4 Å². The molecule has 0 atom stereocenters. The number of nitrogens with zero attached hydrogens (tertiary/aromatic N) is 6. The molecule has 0 bridgehead atoms. The zero-order valence-electron chi connectivity index (χ0n) is 20.8. The molecule has 4 rings (SSSR count). The molecule has 0 spiro atoms. The topological polar surface area (TPSA) is 148 Å². The van der Waals surface area contributed by atoms with Gasteiger partial charge in [0.15, 0.2) is 17.3 Å². The number of ketones is 1. The molecule has 38 heavy (non-hydrogen) atoms. The van der Waals surface area contributed by atoms with Gasteiger partial charge in [-0.3, -0.25) is 14.3 Å². The summed E-state index contributed by atoms with van der Waals surface area (Å²) in [5, 5.41) is 19.5. The third kappa shape index (κ3) is 7.31. The van der Waals surface area contributed by atoms with Gasteiger partial charge in [-0.2, -0.15) is 18.3 Å². The number of hydrogen-bond acceptors (Lipinski definition) is 9. The van der Waals surface area contributed by atoms with Gasteiger partial charge in [-0.15, -0.1) is 0 Å². The Bertz CT molecular complexity index is 1300. The van der Waals surface area contributed by atoms with Crippen LogP contribution in [-0.4, -0.2) is 58.3 Å². The number of halogens is 3. The Balaban J connectivity index is 1.63. The van der Waals surface area contributed by atoms with E-state index in [-0.39, 0.29) is 41.7 Å². The molecular weight excluding hydrogens is 505 g/mol. The number of alkyl halides is 3. The number of nitrogens with one attached hydrogen (secondary N) is 2. The number of carbonyl (C=O) groups excluding carboxylic acids is 2. The van der Waals surface area contributed by atoms with Crippen LogP contribution in [0.25, 0.3) is 0 Å². The SMILES string of the molecule is CC(C)(O)CCC(=O)c1c(NC(=O)c2nc(C3CC3)cnc2Nc2cncnc2)cnn1CCC(F)(F)F. The Kier molecular flexibility index (Phi) is 7.71. The van der Waals surface area contributed by atoms with Crippen molar-refractivity contribution in [3.05, 3.63) is 48.2 Å². The molecule has 14 heteroatoms. The Morgan fingerprint density at radius 3 is 2.45 bits per heavy atom. The van der Waals surface area contributed by atoms with Gasteiger partial charge in [-0.05, 0) is 33.1 Å². The lowest BCUT2D eigenvalue weighted by Gasteiger charge is -2.17. The smallest absolute Gasteiger partial charge is 0.390 e. The number of amides is 1. The molecule has 1 aliphatic carbocycles. The van der Waals surface area contributed by atoms with Crippen LogP contribution in [0.15, 0.2) is 31.1 Å². The highest BCUT2D eigenvalue weighted by molar-refractivity contribution is 6.10. The average molecular weight is 533 g/mol. The molecule has 0 saturated heterocycles. The van der Waals surface area contributed by atoms with Gasteiger partial charge in [0, 0.05) is 12.3 Å². The van der Waals surface area contributed by atoms with E-state index in [9.17, 15) is 27.9 Å².